The molecule has 0 fully saturated rings. The van der Waals surface area contributed by atoms with Gasteiger partial charge in [0.2, 0.25) is 0 Å². The first-order chi connectivity index (χ1) is 10.2. The van der Waals surface area contributed by atoms with Crippen LogP contribution in [-0.2, 0) is 6.61 Å². The number of rotatable bonds is 4. The van der Waals surface area contributed by atoms with Gasteiger partial charge in [0, 0.05) is 0 Å². The molecule has 0 heterocycles. The molecule has 4 heteroatoms. The Balaban J connectivity index is 1.88. The summed E-state index contributed by atoms with van der Waals surface area (Å²) in [5, 5.41) is 11.9. The third-order valence-electron chi connectivity index (χ3n) is 3.39. The van der Waals surface area contributed by atoms with Crippen LogP contribution in [0.4, 0.5) is 0 Å². The largest absolute Gasteiger partial charge is 0.489 e. The van der Waals surface area contributed by atoms with Crippen molar-refractivity contribution in [2.24, 2.45) is 0 Å². The number of hydrogen-bond acceptors (Lipinski definition) is 2. The summed E-state index contributed by atoms with van der Waals surface area (Å²) < 4.78 is 5.84. The lowest BCUT2D eigenvalue weighted by Crippen LogP contribution is -2.23. The fourth-order valence-electron chi connectivity index (χ4n) is 2.31. The Labute approximate surface area is 132 Å². The lowest BCUT2D eigenvalue weighted by atomic mass is 9.84. The first-order valence-corrected chi connectivity index (χ1v) is 7.67. The molecule has 0 aliphatic carbocycles. The number of halogens is 1. The topological polar surface area (TPSA) is 29.5 Å². The van der Waals surface area contributed by atoms with Gasteiger partial charge in [-0.3, -0.25) is 0 Å². The number of ether oxygens (including phenoxy) is 1. The average molecular weight is 341 g/mol. The fraction of sp³-hybridized carbons (Fsp3) is 0.0588. The van der Waals surface area contributed by atoms with Gasteiger partial charge in [0.05, 0.1) is 0 Å². The smallest absolute Gasteiger partial charge is 0.403 e. The molecule has 0 aromatic heterocycles. The van der Waals surface area contributed by atoms with E-state index in [1.165, 1.54) is 0 Å². The molecule has 0 atom stereocenters. The predicted octanol–water partition coefficient (Wildman–Crippen LogP) is 3.50. The van der Waals surface area contributed by atoms with E-state index >= 15 is 0 Å². The summed E-state index contributed by atoms with van der Waals surface area (Å²) in [7, 11) is 0. The summed E-state index contributed by atoms with van der Waals surface area (Å²) in [5.41, 5.74) is 1.30. The second kappa shape index (κ2) is 6.33. The van der Waals surface area contributed by atoms with Crippen molar-refractivity contribution >= 4 is 37.7 Å². The van der Waals surface area contributed by atoms with Crippen LogP contribution in [0.5, 0.6) is 5.75 Å². The molecule has 3 aromatic carbocycles. The van der Waals surface area contributed by atoms with Crippen LogP contribution in [0, 0.1) is 0 Å². The van der Waals surface area contributed by atoms with Gasteiger partial charge in [0.1, 0.15) is 12.4 Å². The minimum Gasteiger partial charge on any atom is -0.489 e. The number of fused-ring (bicyclic) bond motifs is 1. The molecule has 3 rings (SSSR count). The van der Waals surface area contributed by atoms with Gasteiger partial charge in [-0.1, -0.05) is 54.6 Å². The van der Waals surface area contributed by atoms with Gasteiger partial charge in [0.25, 0.3) is 0 Å². The molecule has 0 saturated carbocycles. The Morgan fingerprint density at radius 2 is 1.76 bits per heavy atom. The van der Waals surface area contributed by atoms with Crippen LogP contribution < -0.4 is 10.2 Å². The summed E-state index contributed by atoms with van der Waals surface area (Å²) in [6.45, 7) is 0.533. The molecule has 0 radical (unpaired) electrons. The zero-order valence-corrected chi connectivity index (χ0v) is 13.0. The van der Waals surface area contributed by atoms with Crippen molar-refractivity contribution in [1.82, 2.24) is 0 Å². The summed E-state index contributed by atoms with van der Waals surface area (Å²) in [6.07, 6.45) is 0. The molecule has 0 aliphatic rings. The third-order valence-corrected chi connectivity index (χ3v) is 3.89. The van der Waals surface area contributed by atoms with E-state index in [0.717, 1.165) is 27.5 Å². The van der Waals surface area contributed by atoms with E-state index in [0.29, 0.717) is 6.61 Å². The molecule has 21 heavy (non-hydrogen) atoms. The lowest BCUT2D eigenvalue weighted by molar-refractivity contribution is 0.306. The SMILES string of the molecule is OB(Br)c1cccc2ccc(OCc3ccccc3)cc12. The highest BCUT2D eigenvalue weighted by atomic mass is 79.9. The summed E-state index contributed by atoms with van der Waals surface area (Å²) >= 11 is 3.22. The molecule has 0 amide bonds. The van der Waals surface area contributed by atoms with Crippen molar-refractivity contribution < 1.29 is 9.76 Å². The number of hydrogen-bond donors (Lipinski definition) is 1. The minimum absolute atomic E-state index is 0.533. The van der Waals surface area contributed by atoms with Crippen molar-refractivity contribution in [1.29, 1.82) is 0 Å². The molecule has 2 nitrogen and oxygen atoms in total. The van der Waals surface area contributed by atoms with Crippen LogP contribution in [0.15, 0.2) is 66.7 Å². The van der Waals surface area contributed by atoms with Gasteiger partial charge >= 0.3 is 5.74 Å². The minimum atomic E-state index is -0.675. The van der Waals surface area contributed by atoms with Crippen molar-refractivity contribution in [3.63, 3.8) is 0 Å². The van der Waals surface area contributed by atoms with Gasteiger partial charge in [-0.25, -0.2) is 0 Å². The first-order valence-electron chi connectivity index (χ1n) is 6.75. The van der Waals surface area contributed by atoms with Gasteiger partial charge < -0.3 is 9.76 Å². The first kappa shape index (κ1) is 14.2. The molecule has 104 valence electrons. The van der Waals surface area contributed by atoms with Gasteiger partial charge in [-0.15, -0.1) is 15.8 Å². The van der Waals surface area contributed by atoms with Gasteiger partial charge in [0.15, 0.2) is 0 Å². The van der Waals surface area contributed by atoms with Gasteiger partial charge in [-0.2, -0.15) is 0 Å². The van der Waals surface area contributed by atoms with Gasteiger partial charge in [-0.05, 0) is 33.9 Å². The highest BCUT2D eigenvalue weighted by Crippen LogP contribution is 2.21. The molecular weight excluding hydrogens is 327 g/mol. The Morgan fingerprint density at radius 3 is 2.52 bits per heavy atom. The van der Waals surface area contributed by atoms with Crippen LogP contribution in [0.1, 0.15) is 5.56 Å². The summed E-state index contributed by atoms with van der Waals surface area (Å²) in [5.74, 6) is 0.798. The van der Waals surface area contributed by atoms with E-state index < -0.39 is 5.74 Å². The quantitative estimate of drug-likeness (QED) is 0.736. The highest BCUT2D eigenvalue weighted by molar-refractivity contribution is 9.24. The van der Waals surface area contributed by atoms with E-state index in [1.54, 1.807) is 0 Å². The third kappa shape index (κ3) is 3.28. The Kier molecular flexibility index (Phi) is 4.27. The molecule has 0 bridgehead atoms. The Hall–Kier alpha value is -1.78. The van der Waals surface area contributed by atoms with Crippen LogP contribution in [0.25, 0.3) is 10.8 Å². The fourth-order valence-corrected chi connectivity index (χ4v) is 2.71. The van der Waals surface area contributed by atoms with Crippen LogP contribution in [-0.4, -0.2) is 10.8 Å². The highest BCUT2D eigenvalue weighted by Gasteiger charge is 2.13. The van der Waals surface area contributed by atoms with E-state index in [9.17, 15) is 5.02 Å². The van der Waals surface area contributed by atoms with Crippen molar-refractivity contribution in [3.05, 3.63) is 72.3 Å². The zero-order valence-electron chi connectivity index (χ0n) is 11.4. The second-order valence-corrected chi connectivity index (χ2v) is 5.71. The van der Waals surface area contributed by atoms with Crippen LogP contribution in [0.3, 0.4) is 0 Å². The molecule has 0 spiro atoms. The molecule has 3 aromatic rings. The standard InChI is InChI=1S/C17H14BBrO2/c19-18(20)17-8-4-7-14-9-10-15(11-16(14)17)21-12-13-5-2-1-3-6-13/h1-11,20H,12H2. The summed E-state index contributed by atoms with van der Waals surface area (Å²) in [4.78, 5) is 0. The van der Waals surface area contributed by atoms with Crippen LogP contribution in [0.2, 0.25) is 0 Å². The molecule has 0 unspecified atom stereocenters. The summed E-state index contributed by atoms with van der Waals surface area (Å²) in [6, 6.07) is 21.9. The maximum absolute atomic E-state index is 9.80. The Bertz CT molecular complexity index is 744. The molecular formula is C17H14BBrO2. The van der Waals surface area contributed by atoms with E-state index in [4.69, 9.17) is 4.74 Å². The van der Waals surface area contributed by atoms with Crippen molar-refractivity contribution in [2.45, 2.75) is 6.61 Å². The second-order valence-electron chi connectivity index (χ2n) is 4.84. The van der Waals surface area contributed by atoms with Crippen LogP contribution >= 0.6 is 15.8 Å². The molecule has 1 N–H and O–H groups in total. The van der Waals surface area contributed by atoms with E-state index in [2.05, 4.69) is 15.8 Å². The molecule has 0 saturated heterocycles. The average Bonchev–Trinajstić information content (AvgIpc) is 2.53. The Morgan fingerprint density at radius 1 is 0.952 bits per heavy atom. The lowest BCUT2D eigenvalue weighted by Gasteiger charge is -2.10. The van der Waals surface area contributed by atoms with Crippen molar-refractivity contribution in [2.75, 3.05) is 0 Å². The normalized spacial score (nSPS) is 10.6. The van der Waals surface area contributed by atoms with Crippen molar-refractivity contribution in [3.8, 4) is 5.75 Å². The monoisotopic (exact) mass is 340 g/mol. The zero-order chi connectivity index (χ0) is 14.7. The maximum Gasteiger partial charge on any atom is 0.403 e. The molecule has 0 aliphatic heterocycles. The van der Waals surface area contributed by atoms with E-state index in [-0.39, 0.29) is 0 Å². The predicted molar refractivity (Wildman–Crippen MR) is 91.3 cm³/mol. The maximum atomic E-state index is 9.80. The van der Waals surface area contributed by atoms with E-state index in [1.807, 2.05) is 66.7 Å². The number of benzene rings is 3.